The van der Waals surface area contributed by atoms with Gasteiger partial charge in [0.05, 0.1) is 0 Å². The molecule has 0 heterocycles. The molecule has 0 aromatic carbocycles. The molecule has 0 aliphatic carbocycles. The van der Waals surface area contributed by atoms with Crippen molar-refractivity contribution in [3.63, 3.8) is 0 Å². The molecule has 0 unspecified atom stereocenters. The van der Waals surface area contributed by atoms with Gasteiger partial charge in [-0.05, 0) is 0 Å². The van der Waals surface area contributed by atoms with Gasteiger partial charge in [-0.3, -0.25) is 0 Å². The van der Waals surface area contributed by atoms with Crippen LogP contribution in [0.4, 0.5) is 0 Å². The van der Waals surface area contributed by atoms with Crippen LogP contribution in [-0.2, 0) is 19.4 Å². The molecule has 0 fully saturated rings. The first-order chi connectivity index (χ1) is 8.08. The van der Waals surface area contributed by atoms with Gasteiger partial charge in [-0.2, -0.15) is 0 Å². The molecule has 0 spiro atoms. The molecule has 0 N–H and O–H groups in total. The third-order valence-electron chi connectivity index (χ3n) is 3.49. The van der Waals surface area contributed by atoms with Crippen LogP contribution in [0.2, 0.25) is 0 Å². The fraction of sp³-hybridized carbons (Fsp3) is 0.706. The van der Waals surface area contributed by atoms with Crippen LogP contribution < -0.4 is 0 Å². The standard InChI is InChI=1S/C17H30.W/c1-13(2)9-10-16(11-14(3)4)12-17(7,8)15(5)6;/h9-10,12-15H,1-8H3;. The van der Waals surface area contributed by atoms with Gasteiger partial charge < -0.3 is 0 Å². The molecule has 0 aliphatic rings. The second kappa shape index (κ2) is 7.58. The summed E-state index contributed by atoms with van der Waals surface area (Å²) in [7, 11) is 0. The summed E-state index contributed by atoms with van der Waals surface area (Å²) in [5.41, 5.74) is 1.71. The van der Waals surface area contributed by atoms with Gasteiger partial charge in [-0.15, -0.1) is 0 Å². The molecule has 104 valence electrons. The maximum absolute atomic E-state index is 2.47. The van der Waals surface area contributed by atoms with Crippen LogP contribution >= 0.6 is 0 Å². The third kappa shape index (κ3) is 6.28. The van der Waals surface area contributed by atoms with Crippen LogP contribution in [-0.4, -0.2) is 3.90 Å². The first kappa shape index (κ1) is 18.0. The molecular weight excluding hydrogens is 388 g/mol. The SMILES string of the molecule is CC(C)C=CC(=CC(C)(C)C(C)C)[C](=[W])C(C)C. The fourth-order valence-corrected chi connectivity index (χ4v) is 1.85. The molecule has 0 saturated heterocycles. The maximum atomic E-state index is 2.47. The van der Waals surface area contributed by atoms with Gasteiger partial charge in [0.2, 0.25) is 0 Å². The summed E-state index contributed by atoms with van der Waals surface area (Å²) in [5.74, 6) is 1.92. The summed E-state index contributed by atoms with van der Waals surface area (Å²) in [4.78, 5) is 0. The molecular formula is C17H30W. The zero-order valence-corrected chi connectivity index (χ0v) is 16.3. The van der Waals surface area contributed by atoms with E-state index in [9.17, 15) is 0 Å². The van der Waals surface area contributed by atoms with E-state index < -0.39 is 0 Å². The molecule has 0 nitrogen and oxygen atoms in total. The monoisotopic (exact) mass is 418 g/mol. The Hall–Kier alpha value is 0.0383. The van der Waals surface area contributed by atoms with Gasteiger partial charge in [0.1, 0.15) is 0 Å². The predicted molar refractivity (Wildman–Crippen MR) is 80.5 cm³/mol. The first-order valence-corrected chi connectivity index (χ1v) is 8.49. The predicted octanol–water partition coefficient (Wildman–Crippen LogP) is 5.18. The molecule has 0 atom stereocenters. The minimum atomic E-state index is 0.256. The molecule has 0 radical (unpaired) electrons. The van der Waals surface area contributed by atoms with Crippen LogP contribution in [0.3, 0.4) is 0 Å². The average Bonchev–Trinajstić information content (AvgIpc) is 2.22. The summed E-state index contributed by atoms with van der Waals surface area (Å²) < 4.78 is 1.57. The van der Waals surface area contributed by atoms with E-state index in [1.807, 2.05) is 0 Å². The van der Waals surface area contributed by atoms with Crippen molar-refractivity contribution in [3.05, 3.63) is 23.8 Å². The van der Waals surface area contributed by atoms with Crippen LogP contribution in [0.25, 0.3) is 0 Å². The molecule has 0 rings (SSSR count). The Morgan fingerprint density at radius 1 is 1.00 bits per heavy atom. The van der Waals surface area contributed by atoms with Crippen molar-refractivity contribution in [2.75, 3.05) is 0 Å². The summed E-state index contributed by atoms with van der Waals surface area (Å²) in [5, 5.41) is 0. The van der Waals surface area contributed by atoms with Crippen molar-refractivity contribution in [1.29, 1.82) is 0 Å². The molecule has 1 heteroatoms. The van der Waals surface area contributed by atoms with Crippen molar-refractivity contribution in [1.82, 2.24) is 0 Å². The second-order valence-corrected chi connectivity index (χ2v) is 8.28. The van der Waals surface area contributed by atoms with Crippen LogP contribution in [0.15, 0.2) is 23.8 Å². The molecule has 0 bridgehead atoms. The Kier molecular flexibility index (Phi) is 7.60. The normalized spacial score (nSPS) is 14.3. The number of hydrogen-bond acceptors (Lipinski definition) is 0. The molecule has 0 amide bonds. The van der Waals surface area contributed by atoms with Crippen LogP contribution in [0.1, 0.15) is 55.4 Å². The quantitative estimate of drug-likeness (QED) is 0.522. The summed E-state index contributed by atoms with van der Waals surface area (Å²) in [6, 6.07) is 0. The van der Waals surface area contributed by atoms with Crippen molar-refractivity contribution in [2.45, 2.75) is 55.4 Å². The number of allylic oxidation sites excluding steroid dienone is 4. The van der Waals surface area contributed by atoms with Gasteiger partial charge >= 0.3 is 126 Å². The average molecular weight is 418 g/mol. The summed E-state index contributed by atoms with van der Waals surface area (Å²) >= 11 is 1.60. The number of rotatable bonds is 6. The van der Waals surface area contributed by atoms with Gasteiger partial charge in [0.15, 0.2) is 0 Å². The Morgan fingerprint density at radius 3 is 1.83 bits per heavy atom. The summed E-state index contributed by atoms with van der Waals surface area (Å²) in [6.07, 6.45) is 7.11. The zero-order valence-electron chi connectivity index (χ0n) is 13.4. The molecule has 0 aliphatic heterocycles. The van der Waals surface area contributed by atoms with E-state index in [1.54, 1.807) is 23.3 Å². The zero-order chi connectivity index (χ0) is 14.5. The molecule has 0 saturated carbocycles. The third-order valence-corrected chi connectivity index (χ3v) is 6.03. The first-order valence-electron chi connectivity index (χ1n) is 7.03. The molecule has 18 heavy (non-hydrogen) atoms. The van der Waals surface area contributed by atoms with Gasteiger partial charge in [-0.1, -0.05) is 0 Å². The molecule has 0 aromatic heterocycles. The Morgan fingerprint density at radius 2 is 1.50 bits per heavy atom. The van der Waals surface area contributed by atoms with E-state index in [-0.39, 0.29) is 5.41 Å². The fourth-order valence-electron chi connectivity index (χ4n) is 1.40. The Balaban J connectivity index is 5.35. The van der Waals surface area contributed by atoms with Crippen molar-refractivity contribution in [2.24, 2.45) is 23.2 Å². The van der Waals surface area contributed by atoms with Gasteiger partial charge in [0, 0.05) is 0 Å². The van der Waals surface area contributed by atoms with E-state index in [1.165, 1.54) is 5.57 Å². The van der Waals surface area contributed by atoms with Gasteiger partial charge in [-0.25, -0.2) is 0 Å². The van der Waals surface area contributed by atoms with Crippen molar-refractivity contribution in [3.8, 4) is 0 Å². The van der Waals surface area contributed by atoms with Crippen LogP contribution in [0, 0.1) is 23.2 Å². The van der Waals surface area contributed by atoms with E-state index >= 15 is 0 Å². The summed E-state index contributed by atoms with van der Waals surface area (Å²) in [6.45, 7) is 18.3. The number of hydrogen-bond donors (Lipinski definition) is 0. The molecule has 0 aromatic rings. The van der Waals surface area contributed by atoms with E-state index in [0.717, 1.165) is 0 Å². The minimum absolute atomic E-state index is 0.256. The Bertz CT molecular complexity index is 328. The Labute approximate surface area is 125 Å². The van der Waals surface area contributed by atoms with Crippen molar-refractivity contribution < 1.29 is 19.4 Å². The van der Waals surface area contributed by atoms with E-state index in [2.05, 4.69) is 73.6 Å². The topological polar surface area (TPSA) is 0 Å². The van der Waals surface area contributed by atoms with Gasteiger partial charge in [0.25, 0.3) is 0 Å². The van der Waals surface area contributed by atoms with E-state index in [0.29, 0.717) is 17.8 Å². The van der Waals surface area contributed by atoms with Crippen molar-refractivity contribution >= 4 is 3.90 Å². The van der Waals surface area contributed by atoms with E-state index in [4.69, 9.17) is 0 Å². The second-order valence-electron chi connectivity index (χ2n) is 6.70. The van der Waals surface area contributed by atoms with Crippen LogP contribution in [0.5, 0.6) is 0 Å².